The molecule has 1 amide bonds. The quantitative estimate of drug-likeness (QED) is 0.849. The predicted octanol–water partition coefficient (Wildman–Crippen LogP) is 2.51. The van der Waals surface area contributed by atoms with Gasteiger partial charge in [0.15, 0.2) is 5.69 Å². The fourth-order valence-corrected chi connectivity index (χ4v) is 3.77. The topological polar surface area (TPSA) is 75.8 Å². The van der Waals surface area contributed by atoms with Crippen LogP contribution in [0.1, 0.15) is 52.7 Å². The highest BCUT2D eigenvalue weighted by atomic mass is 16.5. The Balaban J connectivity index is 1.69. The number of rotatable bonds is 2. The van der Waals surface area contributed by atoms with Gasteiger partial charge in [0, 0.05) is 17.5 Å². The molecule has 1 aromatic heterocycles. The summed E-state index contributed by atoms with van der Waals surface area (Å²) in [7, 11) is 0. The largest absolute Gasteiger partial charge is 0.491 e. The number of aliphatic hydroxyl groups is 1. The molecule has 0 bridgehead atoms. The molecule has 1 unspecified atom stereocenters. The van der Waals surface area contributed by atoms with Gasteiger partial charge in [0.2, 0.25) is 0 Å². The first kappa shape index (κ1) is 16.1. The van der Waals surface area contributed by atoms with Crippen LogP contribution in [-0.2, 0) is 12.8 Å². The van der Waals surface area contributed by atoms with E-state index in [1.807, 2.05) is 24.3 Å². The van der Waals surface area contributed by atoms with E-state index in [-0.39, 0.29) is 12.5 Å². The Morgan fingerprint density at radius 3 is 2.96 bits per heavy atom. The van der Waals surface area contributed by atoms with E-state index in [2.05, 4.69) is 5.16 Å². The standard InChI is InChI=1S/C19H22N2O4/c22-12-15-13-6-4-5-8-16(13)24-11-10-21(15)19(23)18-14-7-2-1-3-9-17(14)25-20-18/h4-6,8,15,22H,1-3,7,9-12H2. The number of fused-ring (bicyclic) bond motifs is 2. The van der Waals surface area contributed by atoms with E-state index in [4.69, 9.17) is 9.26 Å². The summed E-state index contributed by atoms with van der Waals surface area (Å²) < 4.78 is 11.2. The van der Waals surface area contributed by atoms with E-state index in [9.17, 15) is 9.90 Å². The molecular weight excluding hydrogens is 320 g/mol. The predicted molar refractivity (Wildman–Crippen MR) is 90.6 cm³/mol. The number of carbonyl (C=O) groups is 1. The number of aliphatic hydroxyl groups excluding tert-OH is 1. The van der Waals surface area contributed by atoms with Crippen LogP contribution in [0.2, 0.25) is 0 Å². The number of amides is 1. The molecule has 6 nitrogen and oxygen atoms in total. The molecule has 0 fully saturated rings. The number of aryl methyl sites for hydroxylation is 1. The summed E-state index contributed by atoms with van der Waals surface area (Å²) in [5, 5.41) is 14.1. The highest BCUT2D eigenvalue weighted by Gasteiger charge is 2.33. The van der Waals surface area contributed by atoms with Crippen molar-refractivity contribution in [3.8, 4) is 5.75 Å². The van der Waals surface area contributed by atoms with Gasteiger partial charge in [-0.05, 0) is 25.3 Å². The van der Waals surface area contributed by atoms with E-state index in [0.717, 1.165) is 54.7 Å². The molecule has 1 aliphatic heterocycles. The highest BCUT2D eigenvalue weighted by molar-refractivity contribution is 5.94. The molecule has 25 heavy (non-hydrogen) atoms. The molecule has 0 radical (unpaired) electrons. The second-order valence-corrected chi connectivity index (χ2v) is 6.58. The van der Waals surface area contributed by atoms with Gasteiger partial charge in [0.1, 0.15) is 18.1 Å². The molecule has 1 N–H and O–H groups in total. The van der Waals surface area contributed by atoms with Crippen LogP contribution < -0.4 is 4.74 Å². The van der Waals surface area contributed by atoms with E-state index in [0.29, 0.717) is 18.8 Å². The van der Waals surface area contributed by atoms with Crippen molar-refractivity contribution in [2.75, 3.05) is 19.8 Å². The lowest BCUT2D eigenvalue weighted by Gasteiger charge is -2.28. The van der Waals surface area contributed by atoms with Crippen molar-refractivity contribution in [1.29, 1.82) is 0 Å². The number of benzene rings is 1. The van der Waals surface area contributed by atoms with Crippen molar-refractivity contribution in [3.05, 3.63) is 46.8 Å². The van der Waals surface area contributed by atoms with Crippen LogP contribution in [0, 0.1) is 0 Å². The van der Waals surface area contributed by atoms with Gasteiger partial charge in [0.25, 0.3) is 5.91 Å². The molecule has 1 atom stereocenters. The Morgan fingerprint density at radius 2 is 2.08 bits per heavy atom. The Labute approximate surface area is 146 Å². The second-order valence-electron chi connectivity index (χ2n) is 6.58. The first-order chi connectivity index (χ1) is 12.3. The van der Waals surface area contributed by atoms with Crippen LogP contribution >= 0.6 is 0 Å². The first-order valence-electron chi connectivity index (χ1n) is 8.90. The van der Waals surface area contributed by atoms with Gasteiger partial charge in [-0.15, -0.1) is 0 Å². The number of hydrogen-bond donors (Lipinski definition) is 1. The number of aromatic nitrogens is 1. The SMILES string of the molecule is O=C(c1noc2c1CCCCC2)N1CCOc2ccccc2C1CO. The lowest BCUT2D eigenvalue weighted by Crippen LogP contribution is -2.38. The number of carbonyl (C=O) groups excluding carboxylic acids is 1. The van der Waals surface area contributed by atoms with Gasteiger partial charge >= 0.3 is 0 Å². The summed E-state index contributed by atoms with van der Waals surface area (Å²) in [6.45, 7) is 0.631. The third-order valence-corrected chi connectivity index (χ3v) is 5.08. The zero-order valence-electron chi connectivity index (χ0n) is 14.1. The van der Waals surface area contributed by atoms with Crippen LogP contribution in [-0.4, -0.2) is 40.8 Å². The number of hydrogen-bond acceptors (Lipinski definition) is 5. The average molecular weight is 342 g/mol. The summed E-state index contributed by atoms with van der Waals surface area (Å²) in [5.41, 5.74) is 2.16. The number of ether oxygens (including phenoxy) is 1. The third-order valence-electron chi connectivity index (χ3n) is 5.08. The minimum Gasteiger partial charge on any atom is -0.491 e. The Kier molecular flexibility index (Phi) is 4.44. The van der Waals surface area contributed by atoms with E-state index in [1.165, 1.54) is 0 Å². The smallest absolute Gasteiger partial charge is 0.277 e. The van der Waals surface area contributed by atoms with E-state index in [1.54, 1.807) is 4.90 Å². The zero-order chi connectivity index (χ0) is 17.2. The molecule has 1 aliphatic carbocycles. The van der Waals surface area contributed by atoms with Gasteiger partial charge in [0.05, 0.1) is 19.2 Å². The minimum atomic E-state index is -0.440. The molecule has 4 rings (SSSR count). The summed E-state index contributed by atoms with van der Waals surface area (Å²) in [6.07, 6.45) is 4.92. The lowest BCUT2D eigenvalue weighted by atomic mass is 10.0. The Bertz CT molecular complexity index is 771. The van der Waals surface area contributed by atoms with Crippen molar-refractivity contribution >= 4 is 5.91 Å². The highest BCUT2D eigenvalue weighted by Crippen LogP contribution is 2.33. The van der Waals surface area contributed by atoms with Gasteiger partial charge in [-0.3, -0.25) is 4.79 Å². The van der Waals surface area contributed by atoms with Crippen molar-refractivity contribution in [1.82, 2.24) is 10.1 Å². The molecule has 0 saturated carbocycles. The maximum atomic E-state index is 13.2. The minimum absolute atomic E-state index is 0.161. The maximum Gasteiger partial charge on any atom is 0.277 e. The van der Waals surface area contributed by atoms with Crippen molar-refractivity contribution in [2.24, 2.45) is 0 Å². The fourth-order valence-electron chi connectivity index (χ4n) is 3.77. The van der Waals surface area contributed by atoms with Crippen LogP contribution in [0.3, 0.4) is 0 Å². The van der Waals surface area contributed by atoms with Crippen LogP contribution in [0.5, 0.6) is 5.75 Å². The number of nitrogens with zero attached hydrogens (tertiary/aromatic N) is 2. The summed E-state index contributed by atoms with van der Waals surface area (Å²) >= 11 is 0. The molecular formula is C19H22N2O4. The average Bonchev–Trinajstić information content (AvgIpc) is 2.81. The van der Waals surface area contributed by atoms with Crippen LogP contribution in [0.25, 0.3) is 0 Å². The zero-order valence-corrected chi connectivity index (χ0v) is 14.1. The van der Waals surface area contributed by atoms with Crippen molar-refractivity contribution in [3.63, 3.8) is 0 Å². The normalized spacial score (nSPS) is 20.0. The fraction of sp³-hybridized carbons (Fsp3) is 0.474. The molecule has 0 spiro atoms. The summed E-state index contributed by atoms with van der Waals surface area (Å²) in [4.78, 5) is 14.9. The molecule has 2 aliphatic rings. The van der Waals surface area contributed by atoms with Crippen LogP contribution in [0.4, 0.5) is 0 Å². The van der Waals surface area contributed by atoms with Crippen LogP contribution in [0.15, 0.2) is 28.8 Å². The third kappa shape index (κ3) is 2.91. The molecule has 1 aromatic carbocycles. The molecule has 2 aromatic rings. The molecule has 0 saturated heterocycles. The molecule has 2 heterocycles. The summed E-state index contributed by atoms with van der Waals surface area (Å²) in [5.74, 6) is 1.37. The Morgan fingerprint density at radius 1 is 1.24 bits per heavy atom. The van der Waals surface area contributed by atoms with Gasteiger partial charge < -0.3 is 19.3 Å². The van der Waals surface area contributed by atoms with Gasteiger partial charge in [-0.1, -0.05) is 29.8 Å². The monoisotopic (exact) mass is 342 g/mol. The van der Waals surface area contributed by atoms with Crippen molar-refractivity contribution < 1.29 is 19.2 Å². The van der Waals surface area contributed by atoms with E-state index >= 15 is 0 Å². The lowest BCUT2D eigenvalue weighted by molar-refractivity contribution is 0.0573. The Hall–Kier alpha value is -2.34. The maximum absolute atomic E-state index is 13.2. The molecule has 6 heteroatoms. The summed E-state index contributed by atoms with van der Waals surface area (Å²) in [6, 6.07) is 7.10. The van der Waals surface area contributed by atoms with Crippen molar-refractivity contribution in [2.45, 2.75) is 38.1 Å². The van der Waals surface area contributed by atoms with Gasteiger partial charge in [-0.25, -0.2) is 0 Å². The molecule has 132 valence electrons. The first-order valence-corrected chi connectivity index (χ1v) is 8.90. The van der Waals surface area contributed by atoms with E-state index < -0.39 is 6.04 Å². The number of para-hydroxylation sites is 1. The second kappa shape index (κ2) is 6.88. The van der Waals surface area contributed by atoms with Gasteiger partial charge in [-0.2, -0.15) is 0 Å².